The molecule has 0 bridgehead atoms. The van der Waals surface area contributed by atoms with E-state index in [1.807, 2.05) is 35.0 Å². The Morgan fingerprint density at radius 1 is 1.35 bits per heavy atom. The Bertz CT molecular complexity index is 475. The van der Waals surface area contributed by atoms with Crippen LogP contribution in [0.1, 0.15) is 12.5 Å². The first-order valence-electron chi connectivity index (χ1n) is 5.52. The summed E-state index contributed by atoms with van der Waals surface area (Å²) in [6, 6.07) is 7.75. The van der Waals surface area contributed by atoms with Crippen LogP contribution in [-0.2, 0) is 16.0 Å². The second-order valence-corrected chi connectivity index (χ2v) is 3.62. The molecule has 1 aromatic heterocycles. The van der Waals surface area contributed by atoms with Gasteiger partial charge in [-0.1, -0.05) is 12.1 Å². The molecule has 0 atom stereocenters. The minimum atomic E-state index is -0.192. The second kappa shape index (κ2) is 5.30. The van der Waals surface area contributed by atoms with Crippen molar-refractivity contribution >= 4 is 5.97 Å². The summed E-state index contributed by atoms with van der Waals surface area (Å²) in [7, 11) is 0. The number of carbonyl (C=O) groups excluding carboxylic acids is 1. The molecule has 0 saturated heterocycles. The Hall–Kier alpha value is -2.10. The van der Waals surface area contributed by atoms with Crippen LogP contribution >= 0.6 is 0 Å². The first-order valence-corrected chi connectivity index (χ1v) is 5.52. The fourth-order valence-corrected chi connectivity index (χ4v) is 1.58. The maximum Gasteiger partial charge on any atom is 0.310 e. The fraction of sp³-hybridized carbons (Fsp3) is 0.231. The maximum atomic E-state index is 11.3. The third-order valence-electron chi connectivity index (χ3n) is 2.39. The minimum absolute atomic E-state index is 0.192. The van der Waals surface area contributed by atoms with Crippen molar-refractivity contribution in [1.82, 2.24) is 9.55 Å². The molecule has 0 spiro atoms. The van der Waals surface area contributed by atoms with Crippen LogP contribution in [0, 0.1) is 0 Å². The molecule has 1 aromatic carbocycles. The summed E-state index contributed by atoms with van der Waals surface area (Å²) < 4.78 is 6.80. The van der Waals surface area contributed by atoms with Gasteiger partial charge >= 0.3 is 5.97 Å². The molecule has 0 aliphatic carbocycles. The Kier molecular flexibility index (Phi) is 3.55. The molecule has 2 rings (SSSR count). The number of ether oxygens (including phenoxy) is 1. The van der Waals surface area contributed by atoms with E-state index in [1.165, 1.54) is 0 Å². The zero-order valence-electron chi connectivity index (χ0n) is 9.67. The van der Waals surface area contributed by atoms with Gasteiger partial charge in [0.15, 0.2) is 0 Å². The largest absolute Gasteiger partial charge is 0.466 e. The van der Waals surface area contributed by atoms with Gasteiger partial charge in [-0.3, -0.25) is 4.79 Å². The lowest BCUT2D eigenvalue weighted by atomic mass is 10.1. The monoisotopic (exact) mass is 230 g/mol. The molecular formula is C13H14N2O2. The molecule has 2 aromatic rings. The van der Waals surface area contributed by atoms with Gasteiger partial charge in [0.1, 0.15) is 0 Å². The molecule has 0 radical (unpaired) electrons. The number of rotatable bonds is 4. The highest BCUT2D eigenvalue weighted by Crippen LogP contribution is 2.10. The Balaban J connectivity index is 2.06. The molecule has 0 N–H and O–H groups in total. The first kappa shape index (κ1) is 11.4. The third-order valence-corrected chi connectivity index (χ3v) is 2.39. The van der Waals surface area contributed by atoms with Crippen LogP contribution in [0.3, 0.4) is 0 Å². The SMILES string of the molecule is CCOC(=O)Cc1ccc(-n2ccnc2)cc1. The van der Waals surface area contributed by atoms with Gasteiger partial charge in [0.05, 0.1) is 19.4 Å². The first-order chi connectivity index (χ1) is 8.29. The Morgan fingerprint density at radius 2 is 2.12 bits per heavy atom. The van der Waals surface area contributed by atoms with Crippen LogP contribution in [0.15, 0.2) is 43.0 Å². The topological polar surface area (TPSA) is 44.1 Å². The van der Waals surface area contributed by atoms with Crippen LogP contribution in [0.4, 0.5) is 0 Å². The molecule has 4 heteroatoms. The number of benzene rings is 1. The number of hydrogen-bond donors (Lipinski definition) is 0. The highest BCUT2D eigenvalue weighted by molar-refractivity contribution is 5.72. The van der Waals surface area contributed by atoms with E-state index in [-0.39, 0.29) is 5.97 Å². The normalized spacial score (nSPS) is 10.2. The minimum Gasteiger partial charge on any atom is -0.466 e. The predicted octanol–water partition coefficient (Wildman–Crippen LogP) is 1.98. The summed E-state index contributed by atoms with van der Waals surface area (Å²) in [5.41, 5.74) is 1.97. The van der Waals surface area contributed by atoms with E-state index in [4.69, 9.17) is 4.74 Å². The molecule has 1 heterocycles. The van der Waals surface area contributed by atoms with Crippen LogP contribution in [-0.4, -0.2) is 22.1 Å². The van der Waals surface area contributed by atoms with Crippen LogP contribution in [0.5, 0.6) is 0 Å². The molecule has 0 saturated carbocycles. The van der Waals surface area contributed by atoms with E-state index in [9.17, 15) is 4.79 Å². The lowest BCUT2D eigenvalue weighted by Crippen LogP contribution is -2.07. The van der Waals surface area contributed by atoms with E-state index in [0.29, 0.717) is 13.0 Å². The number of esters is 1. The van der Waals surface area contributed by atoms with Gasteiger partial charge in [-0.05, 0) is 24.6 Å². The number of nitrogens with zero attached hydrogens (tertiary/aromatic N) is 2. The molecule has 0 amide bonds. The van der Waals surface area contributed by atoms with Gasteiger partial charge in [0.2, 0.25) is 0 Å². The zero-order chi connectivity index (χ0) is 12.1. The molecule has 0 unspecified atom stereocenters. The van der Waals surface area contributed by atoms with Crippen molar-refractivity contribution < 1.29 is 9.53 Å². The summed E-state index contributed by atoms with van der Waals surface area (Å²) in [6.45, 7) is 2.23. The average molecular weight is 230 g/mol. The predicted molar refractivity (Wildman–Crippen MR) is 63.9 cm³/mol. The van der Waals surface area contributed by atoms with Crippen molar-refractivity contribution in [1.29, 1.82) is 0 Å². The molecule has 4 nitrogen and oxygen atoms in total. The number of imidazole rings is 1. The van der Waals surface area contributed by atoms with Gasteiger partial charge < -0.3 is 9.30 Å². The quantitative estimate of drug-likeness (QED) is 0.754. The molecule has 0 aliphatic rings. The standard InChI is InChI=1S/C13H14N2O2/c1-2-17-13(16)9-11-3-5-12(6-4-11)15-8-7-14-10-15/h3-8,10H,2,9H2,1H3. The third kappa shape index (κ3) is 2.93. The van der Waals surface area contributed by atoms with E-state index in [0.717, 1.165) is 11.3 Å². The summed E-state index contributed by atoms with van der Waals surface area (Å²) in [5.74, 6) is -0.192. The smallest absolute Gasteiger partial charge is 0.310 e. The van der Waals surface area contributed by atoms with Gasteiger partial charge in [-0.25, -0.2) is 4.98 Å². The molecular weight excluding hydrogens is 216 g/mol. The van der Waals surface area contributed by atoms with Gasteiger partial charge in [-0.2, -0.15) is 0 Å². The second-order valence-electron chi connectivity index (χ2n) is 3.62. The fourth-order valence-electron chi connectivity index (χ4n) is 1.58. The van der Waals surface area contributed by atoms with E-state index < -0.39 is 0 Å². The molecule has 0 aliphatic heterocycles. The summed E-state index contributed by atoms with van der Waals surface area (Å²) in [5, 5.41) is 0. The van der Waals surface area contributed by atoms with E-state index in [1.54, 1.807) is 19.4 Å². The van der Waals surface area contributed by atoms with Crippen molar-refractivity contribution in [3.05, 3.63) is 48.5 Å². The molecule has 17 heavy (non-hydrogen) atoms. The number of aromatic nitrogens is 2. The van der Waals surface area contributed by atoms with Gasteiger partial charge in [-0.15, -0.1) is 0 Å². The van der Waals surface area contributed by atoms with Crippen molar-refractivity contribution in [3.63, 3.8) is 0 Å². The highest BCUT2D eigenvalue weighted by Gasteiger charge is 2.03. The van der Waals surface area contributed by atoms with Crippen molar-refractivity contribution in [3.8, 4) is 5.69 Å². The van der Waals surface area contributed by atoms with Crippen molar-refractivity contribution in [2.45, 2.75) is 13.3 Å². The van der Waals surface area contributed by atoms with Crippen molar-refractivity contribution in [2.75, 3.05) is 6.61 Å². The number of hydrogen-bond acceptors (Lipinski definition) is 3. The van der Waals surface area contributed by atoms with Crippen LogP contribution in [0.25, 0.3) is 5.69 Å². The molecule has 0 fully saturated rings. The Labute approximate surface area is 99.9 Å². The zero-order valence-corrected chi connectivity index (χ0v) is 9.67. The average Bonchev–Trinajstić information content (AvgIpc) is 2.84. The summed E-state index contributed by atoms with van der Waals surface area (Å²) in [4.78, 5) is 15.3. The summed E-state index contributed by atoms with van der Waals surface area (Å²) >= 11 is 0. The van der Waals surface area contributed by atoms with Crippen molar-refractivity contribution in [2.24, 2.45) is 0 Å². The molecule has 88 valence electrons. The van der Waals surface area contributed by atoms with Gasteiger partial charge in [0, 0.05) is 18.1 Å². The van der Waals surface area contributed by atoms with Crippen LogP contribution in [0.2, 0.25) is 0 Å². The Morgan fingerprint density at radius 3 is 2.71 bits per heavy atom. The van der Waals surface area contributed by atoms with Gasteiger partial charge in [0.25, 0.3) is 0 Å². The lowest BCUT2D eigenvalue weighted by Gasteiger charge is -2.04. The maximum absolute atomic E-state index is 11.3. The number of carbonyl (C=O) groups is 1. The van der Waals surface area contributed by atoms with Crippen LogP contribution < -0.4 is 0 Å². The lowest BCUT2D eigenvalue weighted by molar-refractivity contribution is -0.142. The highest BCUT2D eigenvalue weighted by atomic mass is 16.5. The summed E-state index contributed by atoms with van der Waals surface area (Å²) in [6.07, 6.45) is 5.66. The van der Waals surface area contributed by atoms with E-state index >= 15 is 0 Å². The van der Waals surface area contributed by atoms with E-state index in [2.05, 4.69) is 4.98 Å².